The average Bonchev–Trinajstić information content (AvgIpc) is 3.03. The van der Waals surface area contributed by atoms with Crippen molar-refractivity contribution in [3.63, 3.8) is 0 Å². The minimum absolute atomic E-state index is 0.109. The fraction of sp³-hybridized carbons (Fsp3) is 0.600. The van der Waals surface area contributed by atoms with Gasteiger partial charge in [-0.1, -0.05) is 24.4 Å². The second-order valence-corrected chi connectivity index (χ2v) is 6.18. The average molecular weight is 283 g/mol. The highest BCUT2D eigenvalue weighted by molar-refractivity contribution is 6.31. The van der Waals surface area contributed by atoms with Crippen LogP contribution in [0, 0.1) is 11.7 Å². The number of nitrogen functional groups attached to an aromatic ring is 1. The number of hydrogen-bond acceptors (Lipinski definition) is 2. The van der Waals surface area contributed by atoms with Gasteiger partial charge in [-0.15, -0.1) is 0 Å². The Labute approximate surface area is 118 Å². The van der Waals surface area contributed by atoms with Crippen LogP contribution in [-0.2, 0) is 0 Å². The standard InChI is InChI=1S/C15H20ClFN2/c16-11-8-13(18)15(9-12(11)17)19-7-3-6-14(19)10-4-1-2-5-10/h8-10,14H,1-7,18H2. The van der Waals surface area contributed by atoms with Gasteiger partial charge in [0, 0.05) is 18.7 Å². The Balaban J connectivity index is 1.89. The Hall–Kier alpha value is -0.960. The minimum atomic E-state index is -0.372. The molecular weight excluding hydrogens is 263 g/mol. The molecule has 4 heteroatoms. The van der Waals surface area contributed by atoms with E-state index < -0.39 is 0 Å². The van der Waals surface area contributed by atoms with Crippen LogP contribution < -0.4 is 10.6 Å². The summed E-state index contributed by atoms with van der Waals surface area (Å²) in [5.41, 5.74) is 7.46. The normalized spacial score (nSPS) is 24.3. The van der Waals surface area contributed by atoms with E-state index in [0.717, 1.165) is 18.2 Å². The molecule has 3 rings (SSSR count). The molecule has 1 aliphatic heterocycles. The van der Waals surface area contributed by atoms with Gasteiger partial charge in [0.15, 0.2) is 0 Å². The minimum Gasteiger partial charge on any atom is -0.397 e. The first kappa shape index (κ1) is 13.0. The molecule has 1 atom stereocenters. The van der Waals surface area contributed by atoms with Gasteiger partial charge in [0.2, 0.25) is 0 Å². The summed E-state index contributed by atoms with van der Waals surface area (Å²) in [4.78, 5) is 2.31. The van der Waals surface area contributed by atoms with Crippen LogP contribution in [0.4, 0.5) is 15.8 Å². The molecule has 19 heavy (non-hydrogen) atoms. The molecule has 0 amide bonds. The molecule has 1 unspecified atom stereocenters. The van der Waals surface area contributed by atoms with E-state index in [1.165, 1.54) is 50.7 Å². The molecule has 2 fully saturated rings. The number of hydrogen-bond donors (Lipinski definition) is 1. The molecule has 1 aliphatic carbocycles. The SMILES string of the molecule is Nc1cc(Cl)c(F)cc1N1CCCC1C1CCCC1. The summed E-state index contributed by atoms with van der Waals surface area (Å²) < 4.78 is 13.7. The molecule has 0 radical (unpaired) electrons. The van der Waals surface area contributed by atoms with Crippen LogP contribution in [0.3, 0.4) is 0 Å². The second kappa shape index (κ2) is 5.20. The molecule has 2 aliphatic rings. The fourth-order valence-electron chi connectivity index (χ4n) is 3.72. The van der Waals surface area contributed by atoms with Crippen molar-refractivity contribution in [2.24, 2.45) is 5.92 Å². The summed E-state index contributed by atoms with van der Waals surface area (Å²) in [7, 11) is 0. The first-order chi connectivity index (χ1) is 9.16. The predicted molar refractivity (Wildman–Crippen MR) is 78.1 cm³/mol. The van der Waals surface area contributed by atoms with Gasteiger partial charge in [0.1, 0.15) is 5.82 Å². The van der Waals surface area contributed by atoms with Crippen LogP contribution in [0.25, 0.3) is 0 Å². The molecule has 2 nitrogen and oxygen atoms in total. The highest BCUT2D eigenvalue weighted by Gasteiger charge is 2.34. The van der Waals surface area contributed by atoms with Crippen LogP contribution in [0.5, 0.6) is 0 Å². The zero-order chi connectivity index (χ0) is 13.4. The van der Waals surface area contributed by atoms with Crippen LogP contribution in [0.15, 0.2) is 12.1 Å². The maximum absolute atomic E-state index is 13.7. The van der Waals surface area contributed by atoms with Gasteiger partial charge in [-0.05, 0) is 37.7 Å². The highest BCUT2D eigenvalue weighted by Crippen LogP contribution is 2.40. The zero-order valence-corrected chi connectivity index (χ0v) is 11.8. The lowest BCUT2D eigenvalue weighted by molar-refractivity contribution is 0.430. The van der Waals surface area contributed by atoms with Crippen LogP contribution in [0.1, 0.15) is 38.5 Å². The fourth-order valence-corrected chi connectivity index (χ4v) is 3.90. The van der Waals surface area contributed by atoms with E-state index >= 15 is 0 Å². The van der Waals surface area contributed by atoms with E-state index in [0.29, 0.717) is 11.7 Å². The summed E-state index contributed by atoms with van der Waals surface area (Å²) in [6.07, 6.45) is 7.65. The summed E-state index contributed by atoms with van der Waals surface area (Å²) in [5, 5.41) is 0.109. The highest BCUT2D eigenvalue weighted by atomic mass is 35.5. The molecular formula is C15H20ClFN2. The van der Waals surface area contributed by atoms with Crippen LogP contribution in [-0.4, -0.2) is 12.6 Å². The third-order valence-corrected chi connectivity index (χ3v) is 4.91. The van der Waals surface area contributed by atoms with Crippen molar-refractivity contribution >= 4 is 23.0 Å². The molecule has 1 saturated carbocycles. The lowest BCUT2D eigenvalue weighted by Crippen LogP contribution is -2.35. The van der Waals surface area contributed by atoms with E-state index in [1.54, 1.807) is 0 Å². The lowest BCUT2D eigenvalue weighted by atomic mass is 9.95. The molecule has 0 bridgehead atoms. The quantitative estimate of drug-likeness (QED) is 0.823. The number of anilines is 2. The van der Waals surface area contributed by atoms with Gasteiger partial charge in [0.05, 0.1) is 16.4 Å². The van der Waals surface area contributed by atoms with Crippen molar-refractivity contribution in [3.8, 4) is 0 Å². The Morgan fingerprint density at radius 1 is 1.16 bits per heavy atom. The number of nitrogens with zero attached hydrogens (tertiary/aromatic N) is 1. The van der Waals surface area contributed by atoms with Crippen molar-refractivity contribution in [3.05, 3.63) is 23.0 Å². The molecule has 2 N–H and O–H groups in total. The first-order valence-corrected chi connectivity index (χ1v) is 7.56. The number of rotatable bonds is 2. The molecule has 1 aromatic carbocycles. The van der Waals surface area contributed by atoms with Crippen molar-refractivity contribution < 1.29 is 4.39 Å². The van der Waals surface area contributed by atoms with Crippen LogP contribution in [0.2, 0.25) is 5.02 Å². The Bertz CT molecular complexity index is 471. The monoisotopic (exact) mass is 282 g/mol. The second-order valence-electron chi connectivity index (χ2n) is 5.77. The molecule has 0 spiro atoms. The predicted octanol–water partition coefficient (Wildman–Crippen LogP) is 4.22. The van der Waals surface area contributed by atoms with Crippen molar-refractivity contribution in [2.45, 2.75) is 44.6 Å². The molecule has 104 valence electrons. The first-order valence-electron chi connectivity index (χ1n) is 7.18. The Morgan fingerprint density at radius 3 is 2.63 bits per heavy atom. The molecule has 0 aromatic heterocycles. The van der Waals surface area contributed by atoms with Gasteiger partial charge in [-0.25, -0.2) is 4.39 Å². The maximum Gasteiger partial charge on any atom is 0.144 e. The van der Waals surface area contributed by atoms with Gasteiger partial charge >= 0.3 is 0 Å². The molecule has 1 heterocycles. The maximum atomic E-state index is 13.7. The van der Waals surface area contributed by atoms with Crippen molar-refractivity contribution in [1.29, 1.82) is 0 Å². The van der Waals surface area contributed by atoms with E-state index in [4.69, 9.17) is 17.3 Å². The number of nitrogens with two attached hydrogens (primary N) is 1. The van der Waals surface area contributed by atoms with E-state index in [1.807, 2.05) is 0 Å². The number of halogens is 2. The Kier molecular flexibility index (Phi) is 3.57. The van der Waals surface area contributed by atoms with Crippen LogP contribution >= 0.6 is 11.6 Å². The largest absolute Gasteiger partial charge is 0.397 e. The molecule has 1 saturated heterocycles. The summed E-state index contributed by atoms with van der Waals surface area (Å²) >= 11 is 5.78. The van der Waals surface area contributed by atoms with E-state index in [-0.39, 0.29) is 10.8 Å². The van der Waals surface area contributed by atoms with E-state index in [2.05, 4.69) is 4.90 Å². The van der Waals surface area contributed by atoms with Gasteiger partial charge < -0.3 is 10.6 Å². The topological polar surface area (TPSA) is 29.3 Å². The van der Waals surface area contributed by atoms with Crippen molar-refractivity contribution in [1.82, 2.24) is 0 Å². The van der Waals surface area contributed by atoms with Gasteiger partial charge in [-0.2, -0.15) is 0 Å². The Morgan fingerprint density at radius 2 is 1.89 bits per heavy atom. The zero-order valence-electron chi connectivity index (χ0n) is 11.0. The lowest BCUT2D eigenvalue weighted by Gasteiger charge is -2.32. The van der Waals surface area contributed by atoms with E-state index in [9.17, 15) is 4.39 Å². The van der Waals surface area contributed by atoms with Crippen molar-refractivity contribution in [2.75, 3.05) is 17.2 Å². The summed E-state index contributed by atoms with van der Waals surface area (Å²) in [6, 6.07) is 3.58. The summed E-state index contributed by atoms with van der Waals surface area (Å²) in [5.74, 6) is 0.378. The number of benzene rings is 1. The summed E-state index contributed by atoms with van der Waals surface area (Å²) in [6.45, 7) is 0.979. The third kappa shape index (κ3) is 2.40. The smallest absolute Gasteiger partial charge is 0.144 e. The van der Waals surface area contributed by atoms with Gasteiger partial charge in [-0.3, -0.25) is 0 Å². The third-order valence-electron chi connectivity index (χ3n) is 4.62. The van der Waals surface area contributed by atoms with Gasteiger partial charge in [0.25, 0.3) is 0 Å². The molecule has 1 aromatic rings.